The summed E-state index contributed by atoms with van der Waals surface area (Å²) in [6, 6.07) is 9.74. The molecule has 1 radical (unpaired) electrons. The first-order valence-corrected chi connectivity index (χ1v) is 8.19. The number of carbonyl (C=O) groups excluding carboxylic acids is 2. The Balaban J connectivity index is 1.86. The van der Waals surface area contributed by atoms with Gasteiger partial charge in [0.1, 0.15) is 0 Å². The number of carbonyl (C=O) groups is 1. The smallest absolute Gasteiger partial charge is 0.229 e. The molecule has 1 aromatic rings. The van der Waals surface area contributed by atoms with Gasteiger partial charge in [0.25, 0.3) is 0 Å². The summed E-state index contributed by atoms with van der Waals surface area (Å²) < 4.78 is 0. The lowest BCUT2D eigenvalue weighted by Crippen LogP contribution is -2.35. The molecule has 1 amide bonds. The molecule has 1 N–H and O–H groups in total. The van der Waals surface area contributed by atoms with Crippen LogP contribution >= 0.6 is 10.9 Å². The predicted molar refractivity (Wildman–Crippen MR) is 84.5 cm³/mol. The Labute approximate surface area is 122 Å². The first kappa shape index (κ1) is 14.6. The molecule has 4 heteroatoms. The van der Waals surface area contributed by atoms with E-state index in [4.69, 9.17) is 0 Å². The van der Waals surface area contributed by atoms with Crippen LogP contribution in [0.5, 0.6) is 0 Å². The number of hydrogen-bond donors (Lipinski definition) is 2. The van der Waals surface area contributed by atoms with Crippen molar-refractivity contribution in [3.8, 4) is 0 Å². The van der Waals surface area contributed by atoms with E-state index in [1.165, 1.54) is 11.1 Å². The number of benzene rings is 1. The molecule has 105 valence electrons. The summed E-state index contributed by atoms with van der Waals surface area (Å²) in [4.78, 5) is 22.1. The third kappa shape index (κ3) is 4.38. The molecular formula is C16H18NO2S. The van der Waals surface area contributed by atoms with Crippen LogP contribution in [0, 0.1) is 0 Å². The van der Waals surface area contributed by atoms with E-state index in [9.17, 15) is 9.59 Å². The van der Waals surface area contributed by atoms with Crippen LogP contribution in [-0.2, 0) is 16.0 Å². The van der Waals surface area contributed by atoms with E-state index in [1.54, 1.807) is 13.2 Å². The van der Waals surface area contributed by atoms with E-state index in [2.05, 4.69) is 34.3 Å². The summed E-state index contributed by atoms with van der Waals surface area (Å²) in [5, 5.41) is 6.89. The topological polar surface area (TPSA) is 46.2 Å². The molecule has 0 aliphatic carbocycles. The van der Waals surface area contributed by atoms with E-state index in [-0.39, 0.29) is 5.91 Å². The fourth-order valence-corrected chi connectivity index (χ4v) is 3.70. The zero-order valence-corrected chi connectivity index (χ0v) is 12.3. The van der Waals surface area contributed by atoms with Gasteiger partial charge in [-0.2, -0.15) is 0 Å². The van der Waals surface area contributed by atoms with Gasteiger partial charge in [0.2, 0.25) is 12.2 Å². The molecular weight excluding hydrogens is 270 g/mol. The van der Waals surface area contributed by atoms with Crippen LogP contribution in [0.2, 0.25) is 0 Å². The molecule has 20 heavy (non-hydrogen) atoms. The number of amides is 1. The quantitative estimate of drug-likeness (QED) is 0.789. The van der Waals surface area contributed by atoms with Gasteiger partial charge in [-0.25, -0.2) is 10.9 Å². The Bertz CT molecular complexity index is 537. The maximum Gasteiger partial charge on any atom is 0.229 e. The van der Waals surface area contributed by atoms with Crippen molar-refractivity contribution in [2.24, 2.45) is 0 Å². The zero-order valence-electron chi connectivity index (χ0n) is 11.4. The molecule has 1 unspecified atom stereocenters. The largest absolute Gasteiger partial charge is 0.345 e. The lowest BCUT2D eigenvalue weighted by Gasteiger charge is -2.11. The Morgan fingerprint density at radius 3 is 2.80 bits per heavy atom. The van der Waals surface area contributed by atoms with Crippen LogP contribution < -0.4 is 5.32 Å². The van der Waals surface area contributed by atoms with Crippen molar-refractivity contribution in [3.63, 3.8) is 0 Å². The van der Waals surface area contributed by atoms with Crippen LogP contribution in [-0.4, -0.2) is 24.0 Å². The highest BCUT2D eigenvalue weighted by atomic mass is 32.2. The van der Waals surface area contributed by atoms with Crippen molar-refractivity contribution in [2.75, 3.05) is 5.75 Å². The normalized spacial score (nSPS) is 20.2. The van der Waals surface area contributed by atoms with Gasteiger partial charge in [-0.3, -0.25) is 9.59 Å². The van der Waals surface area contributed by atoms with E-state index < -0.39 is 16.9 Å². The molecule has 0 bridgehead atoms. The summed E-state index contributed by atoms with van der Waals surface area (Å²) in [7, 11) is -0.540. The number of rotatable bonds is 6. The highest BCUT2D eigenvalue weighted by Crippen LogP contribution is 2.36. The molecule has 2 atom stereocenters. The van der Waals surface area contributed by atoms with Gasteiger partial charge in [0.05, 0.1) is 11.8 Å². The summed E-state index contributed by atoms with van der Waals surface area (Å²) in [6.45, 7) is 1.62. The summed E-state index contributed by atoms with van der Waals surface area (Å²) in [5.41, 5.74) is 2.53. The van der Waals surface area contributed by atoms with Gasteiger partial charge in [-0.15, -0.1) is 0 Å². The first-order valence-electron chi connectivity index (χ1n) is 6.53. The van der Waals surface area contributed by atoms with Crippen molar-refractivity contribution in [3.05, 3.63) is 58.4 Å². The van der Waals surface area contributed by atoms with Crippen LogP contribution in [0.1, 0.15) is 12.5 Å². The first-order chi connectivity index (χ1) is 9.67. The maximum absolute atomic E-state index is 11.7. The second kappa shape index (κ2) is 7.10. The minimum absolute atomic E-state index is 0.0891. The molecule has 0 aromatic heterocycles. The van der Waals surface area contributed by atoms with Gasteiger partial charge in [-0.05, 0) is 35.3 Å². The Kier molecular flexibility index (Phi) is 5.18. The molecule has 3 nitrogen and oxygen atoms in total. The van der Waals surface area contributed by atoms with Gasteiger partial charge < -0.3 is 5.32 Å². The van der Waals surface area contributed by atoms with E-state index in [0.29, 0.717) is 5.75 Å². The van der Waals surface area contributed by atoms with Crippen LogP contribution in [0.25, 0.3) is 0 Å². The van der Waals surface area contributed by atoms with E-state index >= 15 is 0 Å². The van der Waals surface area contributed by atoms with E-state index in [0.717, 1.165) is 6.42 Å². The lowest BCUT2D eigenvalue weighted by molar-refractivity contribution is -0.118. The molecule has 0 saturated heterocycles. The number of hydrogen-bond acceptors (Lipinski definition) is 2. The molecule has 1 aliphatic heterocycles. The Morgan fingerprint density at radius 2 is 2.10 bits per heavy atom. The minimum Gasteiger partial charge on any atom is -0.345 e. The van der Waals surface area contributed by atoms with Crippen molar-refractivity contribution in [1.29, 1.82) is 0 Å². The zero-order chi connectivity index (χ0) is 14.4. The SMILES string of the molecule is C[C@@H]([C]=O)NC(=O)C[SH]1C=CC(Cc2ccccc2)=C1. The van der Waals surface area contributed by atoms with Gasteiger partial charge >= 0.3 is 0 Å². The second-order valence-corrected chi connectivity index (χ2v) is 6.66. The molecule has 1 heterocycles. The molecule has 2 rings (SSSR count). The highest BCUT2D eigenvalue weighted by molar-refractivity contribution is 8.22. The van der Waals surface area contributed by atoms with Crippen molar-refractivity contribution in [2.45, 2.75) is 19.4 Å². The van der Waals surface area contributed by atoms with Crippen LogP contribution in [0.4, 0.5) is 0 Å². The fourth-order valence-electron chi connectivity index (χ4n) is 2.01. The summed E-state index contributed by atoms with van der Waals surface area (Å²) >= 11 is 0. The lowest BCUT2D eigenvalue weighted by atomic mass is 10.1. The van der Waals surface area contributed by atoms with Crippen molar-refractivity contribution < 1.29 is 9.59 Å². The van der Waals surface area contributed by atoms with Gasteiger partial charge in [0, 0.05) is 0 Å². The molecule has 0 spiro atoms. The number of allylic oxidation sites excluding steroid dienone is 2. The summed E-state index contributed by atoms with van der Waals surface area (Å²) in [5.74, 6) is 0.352. The highest BCUT2D eigenvalue weighted by Gasteiger charge is 2.13. The maximum atomic E-state index is 11.7. The monoisotopic (exact) mass is 288 g/mol. The van der Waals surface area contributed by atoms with Gasteiger partial charge in [0.15, 0.2) is 0 Å². The predicted octanol–water partition coefficient (Wildman–Crippen LogP) is 2.26. The third-order valence-corrected chi connectivity index (χ3v) is 4.79. The molecule has 0 fully saturated rings. The third-order valence-electron chi connectivity index (χ3n) is 2.94. The van der Waals surface area contributed by atoms with Crippen LogP contribution in [0.15, 0.2) is 52.8 Å². The Morgan fingerprint density at radius 1 is 1.35 bits per heavy atom. The van der Waals surface area contributed by atoms with E-state index in [1.807, 2.05) is 18.2 Å². The second-order valence-electron chi connectivity index (χ2n) is 4.76. The van der Waals surface area contributed by atoms with Gasteiger partial charge in [-0.1, -0.05) is 36.4 Å². The Hall–Kier alpha value is -1.81. The van der Waals surface area contributed by atoms with Crippen molar-refractivity contribution >= 4 is 23.1 Å². The average molecular weight is 288 g/mol. The molecule has 0 saturated carbocycles. The molecule has 1 aliphatic rings. The minimum atomic E-state index is -0.540. The summed E-state index contributed by atoms with van der Waals surface area (Å²) in [6.07, 6.45) is 4.75. The molecule has 1 aromatic carbocycles. The average Bonchev–Trinajstić information content (AvgIpc) is 2.86. The fraction of sp³-hybridized carbons (Fsp3) is 0.250. The van der Waals surface area contributed by atoms with Crippen molar-refractivity contribution in [1.82, 2.24) is 5.32 Å². The van der Waals surface area contributed by atoms with Crippen LogP contribution in [0.3, 0.4) is 0 Å². The number of thiol groups is 1. The number of nitrogens with one attached hydrogen (secondary N) is 1. The standard InChI is InChI=1S/C16H18NO2S/c1-13(10-18)17-16(19)12-20-8-7-15(11-20)9-14-5-3-2-4-6-14/h2-8,11,13,20H,9,12H2,1H3,(H,17,19)/t13-/m0/s1.